The monoisotopic (exact) mass is 409 g/mol. The SMILES string of the molecule is CN(c1ccccc1)c1nc(-c2cc(Br)ccc2F)nc2nccnc12. The maximum Gasteiger partial charge on any atom is 0.184 e. The van der Waals surface area contributed by atoms with Crippen LogP contribution in [0.3, 0.4) is 0 Å². The van der Waals surface area contributed by atoms with Crippen molar-refractivity contribution < 1.29 is 4.39 Å². The van der Waals surface area contributed by atoms with Crippen LogP contribution in [0.1, 0.15) is 0 Å². The minimum absolute atomic E-state index is 0.259. The van der Waals surface area contributed by atoms with Gasteiger partial charge in [0.15, 0.2) is 22.8 Å². The molecular formula is C19H13BrFN5. The van der Waals surface area contributed by atoms with Gasteiger partial charge in [-0.15, -0.1) is 0 Å². The molecule has 0 bridgehead atoms. The highest BCUT2D eigenvalue weighted by Gasteiger charge is 2.17. The van der Waals surface area contributed by atoms with E-state index in [0.29, 0.717) is 22.5 Å². The number of anilines is 2. The summed E-state index contributed by atoms with van der Waals surface area (Å²) in [6.07, 6.45) is 3.15. The molecule has 4 rings (SSSR count). The molecule has 5 nitrogen and oxygen atoms in total. The molecule has 0 spiro atoms. The van der Waals surface area contributed by atoms with E-state index in [1.807, 2.05) is 42.3 Å². The van der Waals surface area contributed by atoms with Gasteiger partial charge in [-0.3, -0.25) is 0 Å². The Morgan fingerprint density at radius 3 is 2.54 bits per heavy atom. The Morgan fingerprint density at radius 2 is 1.73 bits per heavy atom. The lowest BCUT2D eigenvalue weighted by atomic mass is 10.2. The zero-order valence-corrected chi connectivity index (χ0v) is 15.4. The van der Waals surface area contributed by atoms with E-state index in [1.54, 1.807) is 24.5 Å². The quantitative estimate of drug-likeness (QED) is 0.488. The van der Waals surface area contributed by atoms with E-state index in [9.17, 15) is 4.39 Å². The van der Waals surface area contributed by atoms with Gasteiger partial charge in [-0.2, -0.15) is 0 Å². The Morgan fingerprint density at radius 1 is 0.962 bits per heavy atom. The third kappa shape index (κ3) is 3.01. The summed E-state index contributed by atoms with van der Waals surface area (Å²) in [5.41, 5.74) is 2.20. The number of benzene rings is 2. The van der Waals surface area contributed by atoms with Crippen molar-refractivity contribution in [1.82, 2.24) is 19.9 Å². The van der Waals surface area contributed by atoms with Crippen LogP contribution in [0.4, 0.5) is 15.9 Å². The van der Waals surface area contributed by atoms with Crippen molar-refractivity contribution in [1.29, 1.82) is 0 Å². The van der Waals surface area contributed by atoms with Crippen molar-refractivity contribution in [2.75, 3.05) is 11.9 Å². The first-order valence-electron chi connectivity index (χ1n) is 7.86. The van der Waals surface area contributed by atoms with Gasteiger partial charge in [0.05, 0.1) is 5.56 Å². The predicted octanol–water partition coefficient (Wildman–Crippen LogP) is 4.76. The zero-order chi connectivity index (χ0) is 18.1. The Kier molecular flexibility index (Phi) is 4.30. The number of hydrogen-bond donors (Lipinski definition) is 0. The van der Waals surface area contributed by atoms with Crippen LogP contribution in [-0.4, -0.2) is 27.0 Å². The molecule has 0 fully saturated rings. The lowest BCUT2D eigenvalue weighted by Crippen LogP contribution is -2.13. The Labute approximate surface area is 157 Å². The molecule has 26 heavy (non-hydrogen) atoms. The van der Waals surface area contributed by atoms with E-state index in [-0.39, 0.29) is 5.82 Å². The van der Waals surface area contributed by atoms with Crippen LogP contribution in [0.15, 0.2) is 65.4 Å². The number of para-hydroxylation sites is 1. The van der Waals surface area contributed by atoms with Crippen molar-refractivity contribution in [2.24, 2.45) is 0 Å². The third-order valence-electron chi connectivity index (χ3n) is 3.94. The summed E-state index contributed by atoms with van der Waals surface area (Å²) >= 11 is 3.37. The molecule has 0 atom stereocenters. The third-order valence-corrected chi connectivity index (χ3v) is 4.44. The van der Waals surface area contributed by atoms with Crippen molar-refractivity contribution in [2.45, 2.75) is 0 Å². The van der Waals surface area contributed by atoms with Gasteiger partial charge >= 0.3 is 0 Å². The fraction of sp³-hybridized carbons (Fsp3) is 0.0526. The summed E-state index contributed by atoms with van der Waals surface area (Å²) in [6, 6.07) is 14.4. The summed E-state index contributed by atoms with van der Waals surface area (Å²) < 4.78 is 15.1. The normalized spacial score (nSPS) is 10.9. The summed E-state index contributed by atoms with van der Waals surface area (Å²) in [6.45, 7) is 0. The molecule has 0 radical (unpaired) electrons. The highest BCUT2D eigenvalue weighted by Crippen LogP contribution is 2.30. The molecule has 2 aromatic carbocycles. The lowest BCUT2D eigenvalue weighted by Gasteiger charge is -2.20. The van der Waals surface area contributed by atoms with E-state index in [2.05, 4.69) is 35.9 Å². The van der Waals surface area contributed by atoms with Crippen LogP contribution in [0, 0.1) is 5.82 Å². The zero-order valence-electron chi connectivity index (χ0n) is 13.8. The molecule has 2 heterocycles. The minimum atomic E-state index is -0.398. The Bertz CT molecular complexity index is 1090. The molecule has 7 heteroatoms. The first-order chi connectivity index (χ1) is 12.6. The van der Waals surface area contributed by atoms with Crippen molar-refractivity contribution in [3.05, 3.63) is 71.2 Å². The van der Waals surface area contributed by atoms with Crippen LogP contribution in [0.2, 0.25) is 0 Å². The molecule has 0 saturated carbocycles. The molecule has 0 aliphatic heterocycles. The molecule has 4 aromatic rings. The number of rotatable bonds is 3. The number of fused-ring (bicyclic) bond motifs is 1. The summed E-state index contributed by atoms with van der Waals surface area (Å²) in [7, 11) is 1.88. The van der Waals surface area contributed by atoms with Gasteiger partial charge in [0.2, 0.25) is 0 Å². The van der Waals surface area contributed by atoms with Gasteiger partial charge in [0, 0.05) is 29.6 Å². The Hall–Kier alpha value is -2.93. The van der Waals surface area contributed by atoms with Crippen molar-refractivity contribution >= 4 is 38.6 Å². The van der Waals surface area contributed by atoms with E-state index in [1.165, 1.54) is 6.07 Å². The average Bonchev–Trinajstić information content (AvgIpc) is 2.69. The minimum Gasteiger partial charge on any atom is -0.327 e. The second kappa shape index (κ2) is 6.76. The standard InChI is InChI=1S/C19H13BrFN5/c1-26(13-5-3-2-4-6-13)19-16-18(23-10-9-22-16)24-17(25-19)14-11-12(20)7-8-15(14)21/h2-11H,1H3. The highest BCUT2D eigenvalue weighted by molar-refractivity contribution is 9.10. The molecule has 0 saturated heterocycles. The van der Waals surface area contributed by atoms with Gasteiger partial charge in [0.1, 0.15) is 5.82 Å². The molecule has 0 amide bonds. The Balaban J connectivity index is 1.96. The van der Waals surface area contributed by atoms with Crippen LogP contribution in [0.5, 0.6) is 0 Å². The second-order valence-electron chi connectivity index (χ2n) is 5.62. The predicted molar refractivity (Wildman–Crippen MR) is 103 cm³/mol. The summed E-state index contributed by atoms with van der Waals surface area (Å²) in [5, 5.41) is 0. The van der Waals surface area contributed by atoms with Crippen molar-refractivity contribution in [3.8, 4) is 11.4 Å². The van der Waals surface area contributed by atoms with Crippen LogP contribution in [0.25, 0.3) is 22.6 Å². The lowest BCUT2D eigenvalue weighted by molar-refractivity contribution is 0.629. The molecule has 0 aliphatic rings. The molecular weight excluding hydrogens is 397 g/mol. The van der Waals surface area contributed by atoms with Crippen LogP contribution >= 0.6 is 15.9 Å². The molecule has 0 N–H and O–H groups in total. The summed E-state index contributed by atoms with van der Waals surface area (Å²) in [4.78, 5) is 19.6. The smallest absolute Gasteiger partial charge is 0.184 e. The number of aromatic nitrogens is 4. The highest BCUT2D eigenvalue weighted by atomic mass is 79.9. The van der Waals surface area contributed by atoms with Gasteiger partial charge in [-0.1, -0.05) is 34.1 Å². The first-order valence-corrected chi connectivity index (χ1v) is 8.66. The van der Waals surface area contributed by atoms with Crippen LogP contribution < -0.4 is 4.90 Å². The first kappa shape index (κ1) is 16.5. The fourth-order valence-corrected chi connectivity index (χ4v) is 3.01. The number of hydrogen-bond acceptors (Lipinski definition) is 5. The topological polar surface area (TPSA) is 54.8 Å². The maximum absolute atomic E-state index is 14.4. The van der Waals surface area contributed by atoms with E-state index in [4.69, 9.17) is 0 Å². The van der Waals surface area contributed by atoms with E-state index in [0.717, 1.165) is 10.2 Å². The molecule has 128 valence electrons. The summed E-state index contributed by atoms with van der Waals surface area (Å²) in [5.74, 6) is 0.419. The second-order valence-corrected chi connectivity index (χ2v) is 6.53. The van der Waals surface area contributed by atoms with Gasteiger partial charge in [-0.25, -0.2) is 24.3 Å². The largest absolute Gasteiger partial charge is 0.327 e. The van der Waals surface area contributed by atoms with Gasteiger partial charge in [-0.05, 0) is 30.3 Å². The molecule has 2 aromatic heterocycles. The van der Waals surface area contributed by atoms with Gasteiger partial charge in [0.25, 0.3) is 0 Å². The van der Waals surface area contributed by atoms with Gasteiger partial charge < -0.3 is 4.90 Å². The fourth-order valence-electron chi connectivity index (χ4n) is 2.65. The van der Waals surface area contributed by atoms with Crippen LogP contribution in [-0.2, 0) is 0 Å². The molecule has 0 unspecified atom stereocenters. The van der Waals surface area contributed by atoms with Crippen molar-refractivity contribution in [3.63, 3.8) is 0 Å². The molecule has 0 aliphatic carbocycles. The average molecular weight is 410 g/mol. The van der Waals surface area contributed by atoms with E-state index >= 15 is 0 Å². The maximum atomic E-state index is 14.4. The van der Waals surface area contributed by atoms with E-state index < -0.39 is 5.82 Å². The number of nitrogens with zero attached hydrogens (tertiary/aromatic N) is 5. The number of halogens is 2.